The van der Waals surface area contributed by atoms with Crippen LogP contribution in [0.2, 0.25) is 0 Å². The van der Waals surface area contributed by atoms with Crippen molar-refractivity contribution >= 4 is 24.0 Å². The van der Waals surface area contributed by atoms with E-state index in [2.05, 4.69) is 22.2 Å². The van der Waals surface area contributed by atoms with Crippen LogP contribution >= 0.6 is 0 Å². The van der Waals surface area contributed by atoms with Crippen LogP contribution in [0.5, 0.6) is 0 Å². The first-order chi connectivity index (χ1) is 13.7. The molecule has 7 heteroatoms. The number of amides is 2. The van der Waals surface area contributed by atoms with Crippen LogP contribution in [0, 0.1) is 0 Å². The van der Waals surface area contributed by atoms with Crippen molar-refractivity contribution < 1.29 is 14.7 Å². The van der Waals surface area contributed by atoms with Gasteiger partial charge in [-0.05, 0) is 42.5 Å². The highest BCUT2D eigenvalue weighted by Gasteiger charge is 2.26. The molecule has 2 aromatic heterocycles. The maximum absolute atomic E-state index is 12.7. The van der Waals surface area contributed by atoms with Gasteiger partial charge in [0.2, 0.25) is 0 Å². The monoisotopic (exact) mass is 384 g/mol. The highest BCUT2D eigenvalue weighted by molar-refractivity contribution is 6.01. The third-order valence-electron chi connectivity index (χ3n) is 4.40. The van der Waals surface area contributed by atoms with Gasteiger partial charge in [-0.15, -0.1) is 0 Å². The van der Waals surface area contributed by atoms with Crippen LogP contribution in [0.3, 0.4) is 0 Å². The summed E-state index contributed by atoms with van der Waals surface area (Å²) in [6.07, 6.45) is 5.90. The summed E-state index contributed by atoms with van der Waals surface area (Å²) in [5.74, 6) is 0.945. The van der Waals surface area contributed by atoms with Crippen LogP contribution in [0.25, 0.3) is 0 Å². The summed E-state index contributed by atoms with van der Waals surface area (Å²) in [4.78, 5) is 34.0. The summed E-state index contributed by atoms with van der Waals surface area (Å²) in [5.41, 5.74) is 2.62. The number of carbonyl (C=O) groups excluding carboxylic acids is 2. The molecule has 0 atom stereocenters. The van der Waals surface area contributed by atoms with Gasteiger partial charge in [-0.1, -0.05) is 33.3 Å². The van der Waals surface area contributed by atoms with Gasteiger partial charge in [-0.2, -0.15) is 0 Å². The lowest BCUT2D eigenvalue weighted by Crippen LogP contribution is -2.39. The van der Waals surface area contributed by atoms with Gasteiger partial charge in [0.1, 0.15) is 17.3 Å². The highest BCUT2D eigenvalue weighted by Crippen LogP contribution is 2.27. The lowest BCUT2D eigenvalue weighted by atomic mass is 10.0. The predicted octanol–water partition coefficient (Wildman–Crippen LogP) is 3.74. The van der Waals surface area contributed by atoms with Crippen molar-refractivity contribution in [3.8, 4) is 0 Å². The van der Waals surface area contributed by atoms with Gasteiger partial charge in [0.15, 0.2) is 6.29 Å². The zero-order chi connectivity index (χ0) is 20.5. The number of aromatic nitrogens is 2. The fourth-order valence-corrected chi connectivity index (χ4v) is 3.10. The zero-order valence-electron chi connectivity index (χ0n) is 16.7. The molecule has 0 unspecified atom stereocenters. The second-order valence-electron chi connectivity index (χ2n) is 6.28. The van der Waals surface area contributed by atoms with E-state index in [4.69, 9.17) is 0 Å². The molecule has 0 aromatic carbocycles. The van der Waals surface area contributed by atoms with E-state index in [-0.39, 0.29) is 18.3 Å². The fourth-order valence-electron chi connectivity index (χ4n) is 3.10. The van der Waals surface area contributed by atoms with E-state index in [1.807, 2.05) is 19.9 Å². The Labute approximate surface area is 165 Å². The summed E-state index contributed by atoms with van der Waals surface area (Å²) in [5, 5.41) is 12.2. The first-order valence-corrected chi connectivity index (χ1v) is 9.78. The van der Waals surface area contributed by atoms with Gasteiger partial charge in [0, 0.05) is 18.3 Å². The number of nitrogens with zero attached hydrogens (tertiary/aromatic N) is 3. The minimum Gasteiger partial charge on any atom is -0.392 e. The molecule has 3 rings (SSSR count). The molecule has 28 heavy (non-hydrogen) atoms. The number of aryl methyl sites for hydroxylation is 2. The Bertz CT molecular complexity index is 806. The molecule has 7 nitrogen and oxygen atoms in total. The van der Waals surface area contributed by atoms with Gasteiger partial charge in [-0.3, -0.25) is 15.0 Å². The van der Waals surface area contributed by atoms with Gasteiger partial charge in [0.25, 0.3) is 0 Å². The standard InChI is InChI=1S/C19H22N4O3.C2H6/c1-2-4-13-6-7-17(20-10-13)22-19(26)23-8-3-5-14-9-15(11-24)16(12-25)21-18(14)23;1-2/h6-7,9-10,12,24H,2-5,8,11H2,1H3,(H,20,22,26);1-2H3. The second kappa shape index (κ2) is 10.5. The molecule has 0 bridgehead atoms. The zero-order valence-corrected chi connectivity index (χ0v) is 16.7. The molecule has 1 aliphatic heterocycles. The molecule has 1 aliphatic rings. The first kappa shape index (κ1) is 21.5. The predicted molar refractivity (Wildman–Crippen MR) is 110 cm³/mol. The van der Waals surface area contributed by atoms with E-state index in [0.717, 1.165) is 36.8 Å². The molecule has 2 N–H and O–H groups in total. The number of aliphatic hydroxyl groups excluding tert-OH is 1. The molecule has 0 spiro atoms. The number of nitrogens with one attached hydrogen (secondary N) is 1. The van der Waals surface area contributed by atoms with E-state index < -0.39 is 0 Å². The Hall–Kier alpha value is -2.80. The molecule has 150 valence electrons. The minimum atomic E-state index is -0.331. The Morgan fingerprint density at radius 1 is 1.36 bits per heavy atom. The Balaban J connectivity index is 0.00000136. The second-order valence-corrected chi connectivity index (χ2v) is 6.28. The maximum Gasteiger partial charge on any atom is 0.328 e. The molecule has 0 aliphatic carbocycles. The van der Waals surface area contributed by atoms with Crippen molar-refractivity contribution in [3.63, 3.8) is 0 Å². The largest absolute Gasteiger partial charge is 0.392 e. The summed E-state index contributed by atoms with van der Waals surface area (Å²) < 4.78 is 0. The van der Waals surface area contributed by atoms with E-state index in [1.165, 1.54) is 4.90 Å². The number of aliphatic hydroxyl groups is 1. The number of rotatable bonds is 5. The molecular formula is C21H28N4O3. The third kappa shape index (κ3) is 4.92. The van der Waals surface area contributed by atoms with Crippen LogP contribution in [-0.2, 0) is 19.4 Å². The van der Waals surface area contributed by atoms with E-state index in [1.54, 1.807) is 18.3 Å². The smallest absolute Gasteiger partial charge is 0.328 e. The van der Waals surface area contributed by atoms with E-state index in [9.17, 15) is 14.7 Å². The van der Waals surface area contributed by atoms with Crippen molar-refractivity contribution in [3.05, 3.63) is 46.8 Å². The Kier molecular flexibility index (Phi) is 8.07. The van der Waals surface area contributed by atoms with Crippen LogP contribution in [0.15, 0.2) is 24.4 Å². The normalized spacial score (nSPS) is 12.5. The lowest BCUT2D eigenvalue weighted by Gasteiger charge is -2.29. The van der Waals surface area contributed by atoms with Crippen molar-refractivity contribution in [1.29, 1.82) is 0 Å². The average molecular weight is 384 g/mol. The molecule has 0 fully saturated rings. The number of hydrogen-bond acceptors (Lipinski definition) is 5. The minimum absolute atomic E-state index is 0.160. The SMILES string of the molecule is CC.CCCc1ccc(NC(=O)N2CCCc3cc(CO)c(C=O)nc32)nc1. The van der Waals surface area contributed by atoms with Crippen molar-refractivity contribution in [1.82, 2.24) is 9.97 Å². The number of hydrogen-bond donors (Lipinski definition) is 2. The molecule has 0 saturated carbocycles. The van der Waals surface area contributed by atoms with Crippen molar-refractivity contribution in [2.75, 3.05) is 16.8 Å². The number of pyridine rings is 2. The maximum atomic E-state index is 12.7. The number of aldehydes is 1. The van der Waals surface area contributed by atoms with Crippen LogP contribution in [-0.4, -0.2) is 33.9 Å². The molecule has 0 radical (unpaired) electrons. The van der Waals surface area contributed by atoms with Crippen LogP contribution < -0.4 is 10.2 Å². The van der Waals surface area contributed by atoms with Crippen LogP contribution in [0.1, 0.15) is 60.8 Å². The molecule has 2 amide bonds. The summed E-state index contributed by atoms with van der Waals surface area (Å²) >= 11 is 0. The summed E-state index contributed by atoms with van der Waals surface area (Å²) in [6, 6.07) is 5.16. The number of carbonyl (C=O) groups is 2. The molecule has 3 heterocycles. The van der Waals surface area contributed by atoms with Gasteiger partial charge >= 0.3 is 6.03 Å². The molecule has 2 aromatic rings. The molecular weight excluding hydrogens is 356 g/mol. The van der Waals surface area contributed by atoms with E-state index in [0.29, 0.717) is 30.0 Å². The third-order valence-corrected chi connectivity index (χ3v) is 4.40. The van der Waals surface area contributed by atoms with Gasteiger partial charge in [-0.25, -0.2) is 14.8 Å². The van der Waals surface area contributed by atoms with Gasteiger partial charge < -0.3 is 5.11 Å². The Morgan fingerprint density at radius 2 is 2.14 bits per heavy atom. The van der Waals surface area contributed by atoms with Gasteiger partial charge in [0.05, 0.1) is 6.61 Å². The highest BCUT2D eigenvalue weighted by atomic mass is 16.3. The summed E-state index contributed by atoms with van der Waals surface area (Å²) in [6.45, 7) is 6.36. The average Bonchev–Trinajstić information content (AvgIpc) is 2.75. The Morgan fingerprint density at radius 3 is 2.75 bits per heavy atom. The fraction of sp³-hybridized carbons (Fsp3) is 0.429. The van der Waals surface area contributed by atoms with Crippen molar-refractivity contribution in [2.24, 2.45) is 0 Å². The van der Waals surface area contributed by atoms with E-state index >= 15 is 0 Å². The first-order valence-electron chi connectivity index (χ1n) is 9.78. The summed E-state index contributed by atoms with van der Waals surface area (Å²) in [7, 11) is 0. The molecule has 0 saturated heterocycles. The van der Waals surface area contributed by atoms with Crippen molar-refractivity contribution in [2.45, 2.75) is 53.1 Å². The van der Waals surface area contributed by atoms with Crippen LogP contribution in [0.4, 0.5) is 16.4 Å². The number of fused-ring (bicyclic) bond motifs is 1. The lowest BCUT2D eigenvalue weighted by molar-refractivity contribution is 0.111. The number of anilines is 2. The topological polar surface area (TPSA) is 95.4 Å². The number of urea groups is 1. The quantitative estimate of drug-likeness (QED) is 0.766.